The molecule has 2 aromatic heterocycles. The molecule has 150 valence electrons. The molecule has 0 bridgehead atoms. The number of fused-ring (bicyclic) bond motifs is 4. The van der Waals surface area contributed by atoms with Crippen LogP contribution in [-0.2, 0) is 11.8 Å². The lowest BCUT2D eigenvalue weighted by molar-refractivity contribution is 0.0597. The molecule has 5 heteroatoms. The van der Waals surface area contributed by atoms with Crippen LogP contribution in [-0.4, -0.2) is 21.2 Å². The molecule has 0 aliphatic heterocycles. The first-order valence-corrected chi connectivity index (χ1v) is 10.0. The van der Waals surface area contributed by atoms with Crippen molar-refractivity contribution in [1.29, 1.82) is 0 Å². The van der Waals surface area contributed by atoms with Gasteiger partial charge in [0.25, 0.3) is 0 Å². The summed E-state index contributed by atoms with van der Waals surface area (Å²) >= 11 is 0. The summed E-state index contributed by atoms with van der Waals surface area (Å²) in [6.45, 7) is 5.49. The van der Waals surface area contributed by atoms with Gasteiger partial charge in [-0.3, -0.25) is 0 Å². The summed E-state index contributed by atoms with van der Waals surface area (Å²) in [6, 6.07) is 20.5. The SMILES string of the molecule is Cn1c2ccccc2c2[nH]c3c/c(=N/C(=O)OC(C)(C)C)ccc3c3cccc1c32. The number of aryl methyl sites for hydroxylation is 1. The van der Waals surface area contributed by atoms with E-state index in [0.717, 1.165) is 27.3 Å². The zero-order valence-electron chi connectivity index (χ0n) is 17.5. The summed E-state index contributed by atoms with van der Waals surface area (Å²) in [6.07, 6.45) is -0.585. The standard InChI is InChI=1S/C25H23N3O2/c1-25(2,3)30-24(29)26-15-12-13-16-17-9-7-11-21-22(17)23(27-19(16)14-15)18-8-5-6-10-20(18)28(21)4/h5-14,27H,1-4H3/b26-15+. The number of carbonyl (C=O) groups is 1. The van der Waals surface area contributed by atoms with Crippen LogP contribution in [0.15, 0.2) is 65.7 Å². The van der Waals surface area contributed by atoms with Gasteiger partial charge in [0.2, 0.25) is 0 Å². The first kappa shape index (κ1) is 18.4. The topological polar surface area (TPSA) is 59.4 Å². The fraction of sp³-hybridized carbons (Fsp3) is 0.200. The second-order valence-electron chi connectivity index (χ2n) is 8.60. The van der Waals surface area contributed by atoms with E-state index in [9.17, 15) is 4.79 Å². The van der Waals surface area contributed by atoms with E-state index in [-0.39, 0.29) is 0 Å². The summed E-state index contributed by atoms with van der Waals surface area (Å²) in [5.74, 6) is 0. The quantitative estimate of drug-likeness (QED) is 0.265. The number of rotatable bonds is 0. The van der Waals surface area contributed by atoms with Gasteiger partial charge in [-0.25, -0.2) is 4.79 Å². The van der Waals surface area contributed by atoms with Gasteiger partial charge in [-0.15, -0.1) is 0 Å². The van der Waals surface area contributed by atoms with Gasteiger partial charge in [0.1, 0.15) is 5.60 Å². The summed E-state index contributed by atoms with van der Waals surface area (Å²) in [4.78, 5) is 19.9. The van der Waals surface area contributed by atoms with E-state index in [1.54, 1.807) is 0 Å². The predicted molar refractivity (Wildman–Crippen MR) is 122 cm³/mol. The summed E-state index contributed by atoms with van der Waals surface area (Å²) in [7, 11) is 2.10. The van der Waals surface area contributed by atoms with Gasteiger partial charge in [-0.1, -0.05) is 36.4 Å². The highest BCUT2D eigenvalue weighted by Gasteiger charge is 2.16. The van der Waals surface area contributed by atoms with Crippen molar-refractivity contribution in [2.45, 2.75) is 26.4 Å². The number of para-hydroxylation sites is 1. The van der Waals surface area contributed by atoms with Gasteiger partial charge >= 0.3 is 6.09 Å². The monoisotopic (exact) mass is 397 g/mol. The number of ether oxygens (including phenoxy) is 1. The van der Waals surface area contributed by atoms with Crippen LogP contribution in [0.2, 0.25) is 0 Å². The number of amides is 1. The van der Waals surface area contributed by atoms with Crippen LogP contribution >= 0.6 is 0 Å². The number of pyridine rings is 2. The van der Waals surface area contributed by atoms with Gasteiger partial charge in [-0.05, 0) is 50.4 Å². The molecule has 30 heavy (non-hydrogen) atoms. The molecule has 0 aliphatic carbocycles. The third-order valence-corrected chi connectivity index (χ3v) is 5.36. The molecule has 0 aliphatic rings. The molecule has 0 saturated heterocycles. The minimum absolute atomic E-state index is 0.567. The molecule has 0 atom stereocenters. The van der Waals surface area contributed by atoms with Gasteiger partial charge in [-0.2, -0.15) is 4.99 Å². The van der Waals surface area contributed by atoms with Gasteiger partial charge in [0.05, 0.1) is 21.9 Å². The van der Waals surface area contributed by atoms with Crippen molar-refractivity contribution in [3.8, 4) is 0 Å². The van der Waals surface area contributed by atoms with E-state index in [4.69, 9.17) is 4.74 Å². The van der Waals surface area contributed by atoms with Crippen molar-refractivity contribution >= 4 is 49.7 Å². The molecule has 0 unspecified atom stereocenters. The summed E-state index contributed by atoms with van der Waals surface area (Å²) < 4.78 is 7.56. The smallest absolute Gasteiger partial charge is 0.434 e. The molecule has 3 aromatic carbocycles. The molecule has 1 N–H and O–H groups in total. The predicted octanol–water partition coefficient (Wildman–Crippen LogP) is 5.80. The molecule has 5 nitrogen and oxygen atoms in total. The minimum Gasteiger partial charge on any atom is -0.442 e. The second kappa shape index (κ2) is 6.46. The van der Waals surface area contributed by atoms with Crippen LogP contribution in [0.5, 0.6) is 0 Å². The molecule has 0 saturated carbocycles. The van der Waals surface area contributed by atoms with E-state index in [2.05, 4.69) is 64.1 Å². The number of hydrogen-bond acceptors (Lipinski definition) is 2. The van der Waals surface area contributed by atoms with Crippen molar-refractivity contribution in [2.75, 3.05) is 0 Å². The van der Waals surface area contributed by atoms with E-state index in [0.29, 0.717) is 5.36 Å². The molecule has 1 amide bonds. The molecule has 0 radical (unpaired) electrons. The molecular weight excluding hydrogens is 374 g/mol. The summed E-state index contributed by atoms with van der Waals surface area (Å²) in [5.41, 5.74) is 3.76. The molecule has 2 heterocycles. The normalized spacial score (nSPS) is 13.0. The third kappa shape index (κ3) is 2.94. The number of benzene rings is 3. The van der Waals surface area contributed by atoms with Crippen molar-refractivity contribution in [1.82, 2.24) is 9.55 Å². The first-order valence-electron chi connectivity index (χ1n) is 10.0. The number of nitrogens with zero attached hydrogens (tertiary/aromatic N) is 2. The zero-order chi connectivity index (χ0) is 21.0. The number of nitrogens with one attached hydrogen (secondary N) is 1. The van der Waals surface area contributed by atoms with Crippen LogP contribution in [0.4, 0.5) is 4.79 Å². The highest BCUT2D eigenvalue weighted by atomic mass is 16.6. The molecule has 0 fully saturated rings. The molecule has 5 aromatic rings. The van der Waals surface area contributed by atoms with Gasteiger partial charge in [0.15, 0.2) is 0 Å². The van der Waals surface area contributed by atoms with Crippen molar-refractivity contribution in [3.05, 3.63) is 66.0 Å². The number of aromatic nitrogens is 2. The van der Waals surface area contributed by atoms with E-state index in [1.807, 2.05) is 39.0 Å². The molecule has 5 rings (SSSR count). The van der Waals surface area contributed by atoms with E-state index >= 15 is 0 Å². The van der Waals surface area contributed by atoms with Crippen LogP contribution in [0.1, 0.15) is 20.8 Å². The fourth-order valence-corrected chi connectivity index (χ4v) is 4.14. The van der Waals surface area contributed by atoms with Crippen LogP contribution in [0.25, 0.3) is 43.6 Å². The largest absolute Gasteiger partial charge is 0.442 e. The number of aromatic amines is 1. The Morgan fingerprint density at radius 3 is 2.47 bits per heavy atom. The Hall–Kier alpha value is -3.60. The lowest BCUT2D eigenvalue weighted by Crippen LogP contribution is -2.23. The Bertz CT molecular complexity index is 1530. The number of hydrogen-bond donors (Lipinski definition) is 1. The Labute approximate surface area is 173 Å². The average molecular weight is 397 g/mol. The van der Waals surface area contributed by atoms with Crippen molar-refractivity contribution in [3.63, 3.8) is 0 Å². The lowest BCUT2D eigenvalue weighted by atomic mass is 10.0. The Kier molecular flexibility index (Phi) is 3.97. The lowest BCUT2D eigenvalue weighted by Gasteiger charge is -2.17. The van der Waals surface area contributed by atoms with Gasteiger partial charge < -0.3 is 14.3 Å². The second-order valence-corrected chi connectivity index (χ2v) is 8.60. The number of H-pyrrole nitrogens is 1. The van der Waals surface area contributed by atoms with Crippen LogP contribution in [0, 0.1) is 0 Å². The maximum atomic E-state index is 12.1. The molecule has 0 spiro atoms. The third-order valence-electron chi connectivity index (χ3n) is 5.36. The van der Waals surface area contributed by atoms with Crippen LogP contribution < -0.4 is 5.36 Å². The van der Waals surface area contributed by atoms with E-state index in [1.165, 1.54) is 16.3 Å². The Morgan fingerprint density at radius 2 is 1.67 bits per heavy atom. The Morgan fingerprint density at radius 1 is 0.933 bits per heavy atom. The molecular formula is C25H23N3O2. The zero-order valence-corrected chi connectivity index (χ0v) is 17.5. The van der Waals surface area contributed by atoms with Gasteiger partial charge in [0, 0.05) is 28.7 Å². The van der Waals surface area contributed by atoms with E-state index < -0.39 is 11.7 Å². The highest BCUT2D eigenvalue weighted by molar-refractivity contribution is 6.23. The van der Waals surface area contributed by atoms with Crippen LogP contribution in [0.3, 0.4) is 0 Å². The number of carbonyl (C=O) groups excluding carboxylic acids is 1. The maximum Gasteiger partial charge on any atom is 0.434 e. The summed E-state index contributed by atoms with van der Waals surface area (Å²) in [5, 5.41) is 5.17. The maximum absolute atomic E-state index is 12.1. The fourth-order valence-electron chi connectivity index (χ4n) is 4.14. The highest BCUT2D eigenvalue weighted by Crippen LogP contribution is 2.35. The average Bonchev–Trinajstić information content (AvgIpc) is 2.70. The van der Waals surface area contributed by atoms with Crippen molar-refractivity contribution < 1.29 is 9.53 Å². The van der Waals surface area contributed by atoms with Crippen molar-refractivity contribution in [2.24, 2.45) is 12.0 Å². The minimum atomic E-state index is -0.585. The Balaban J connectivity index is 1.85. The first-order chi connectivity index (χ1) is 14.3.